The van der Waals surface area contributed by atoms with Crippen LogP contribution >= 0.6 is 11.6 Å². The van der Waals surface area contributed by atoms with Crippen molar-refractivity contribution in [2.45, 2.75) is 18.7 Å². The number of halogens is 1. The number of sulfonamides is 1. The van der Waals surface area contributed by atoms with Crippen LogP contribution in [0.5, 0.6) is 0 Å². The Bertz CT molecular complexity index is 964. The Hall–Kier alpha value is -2.05. The maximum Gasteiger partial charge on any atom is 0.262 e. The lowest BCUT2D eigenvalue weighted by Gasteiger charge is -2.09. The first kappa shape index (κ1) is 14.9. The van der Waals surface area contributed by atoms with E-state index in [4.69, 9.17) is 11.6 Å². The molecule has 3 aromatic rings. The number of hydrogen-bond acceptors (Lipinski definition) is 3. The molecule has 0 amide bonds. The Morgan fingerprint density at radius 3 is 2.68 bits per heavy atom. The van der Waals surface area contributed by atoms with E-state index in [-0.39, 0.29) is 4.90 Å². The molecule has 3 rings (SSSR count). The van der Waals surface area contributed by atoms with Gasteiger partial charge in [0.2, 0.25) is 0 Å². The second-order valence-electron chi connectivity index (χ2n) is 4.96. The molecule has 0 saturated carbocycles. The minimum absolute atomic E-state index is 0.113. The zero-order valence-electron chi connectivity index (χ0n) is 12.0. The Balaban J connectivity index is 2.08. The minimum atomic E-state index is -3.72. The lowest BCUT2D eigenvalue weighted by Crippen LogP contribution is -2.13. The SMILES string of the molecule is Cc1nc2c(NS(=O)(=O)c3cccc(Cl)c3)cccn2c1C. The first-order valence-electron chi connectivity index (χ1n) is 6.61. The highest BCUT2D eigenvalue weighted by Crippen LogP contribution is 2.23. The number of benzene rings is 1. The van der Waals surface area contributed by atoms with Gasteiger partial charge >= 0.3 is 0 Å². The molecule has 5 nitrogen and oxygen atoms in total. The molecular weight excluding hydrogens is 322 g/mol. The molecule has 0 fully saturated rings. The van der Waals surface area contributed by atoms with Crippen molar-refractivity contribution in [1.29, 1.82) is 0 Å². The molecule has 0 spiro atoms. The normalized spacial score (nSPS) is 11.8. The van der Waals surface area contributed by atoms with Gasteiger partial charge in [-0.05, 0) is 44.2 Å². The third-order valence-electron chi connectivity index (χ3n) is 3.48. The minimum Gasteiger partial charge on any atom is -0.302 e. The first-order valence-corrected chi connectivity index (χ1v) is 8.47. The molecule has 0 bridgehead atoms. The molecule has 0 aliphatic carbocycles. The van der Waals surface area contributed by atoms with Crippen molar-refractivity contribution in [2.24, 2.45) is 0 Å². The van der Waals surface area contributed by atoms with Crippen LogP contribution in [0.4, 0.5) is 5.69 Å². The van der Waals surface area contributed by atoms with Crippen molar-refractivity contribution in [3.8, 4) is 0 Å². The van der Waals surface area contributed by atoms with Crippen LogP contribution in [0.1, 0.15) is 11.4 Å². The average molecular weight is 336 g/mol. The van der Waals surface area contributed by atoms with Gasteiger partial charge < -0.3 is 4.40 Å². The van der Waals surface area contributed by atoms with Crippen LogP contribution in [-0.4, -0.2) is 17.8 Å². The van der Waals surface area contributed by atoms with E-state index in [1.54, 1.807) is 24.3 Å². The van der Waals surface area contributed by atoms with Crippen LogP contribution in [0.3, 0.4) is 0 Å². The number of aromatic nitrogens is 2. The third kappa shape index (κ3) is 2.55. The highest BCUT2D eigenvalue weighted by atomic mass is 35.5. The summed E-state index contributed by atoms with van der Waals surface area (Å²) in [7, 11) is -3.72. The van der Waals surface area contributed by atoms with Crippen LogP contribution in [0, 0.1) is 13.8 Å². The number of anilines is 1. The molecule has 2 aromatic heterocycles. The van der Waals surface area contributed by atoms with Gasteiger partial charge in [-0.15, -0.1) is 0 Å². The lowest BCUT2D eigenvalue weighted by atomic mass is 10.4. The number of aryl methyl sites for hydroxylation is 2. The summed E-state index contributed by atoms with van der Waals surface area (Å²) in [6.07, 6.45) is 1.85. The van der Waals surface area contributed by atoms with Gasteiger partial charge in [0.1, 0.15) is 0 Å². The van der Waals surface area contributed by atoms with Gasteiger partial charge in [-0.25, -0.2) is 13.4 Å². The maximum atomic E-state index is 12.5. The zero-order valence-corrected chi connectivity index (χ0v) is 13.6. The highest BCUT2D eigenvalue weighted by molar-refractivity contribution is 7.92. The lowest BCUT2D eigenvalue weighted by molar-refractivity contribution is 0.601. The summed E-state index contributed by atoms with van der Waals surface area (Å²) in [6.45, 7) is 3.82. The van der Waals surface area contributed by atoms with Crippen molar-refractivity contribution >= 4 is 33.0 Å². The fourth-order valence-electron chi connectivity index (χ4n) is 2.22. The molecule has 7 heteroatoms. The molecule has 0 aliphatic rings. The number of nitrogens with one attached hydrogen (secondary N) is 1. The molecule has 1 N–H and O–H groups in total. The summed E-state index contributed by atoms with van der Waals surface area (Å²) < 4.78 is 29.4. The van der Waals surface area contributed by atoms with E-state index in [9.17, 15) is 8.42 Å². The topological polar surface area (TPSA) is 63.5 Å². The predicted octanol–water partition coefficient (Wildman–Crippen LogP) is 3.41. The molecule has 0 radical (unpaired) electrons. The molecule has 0 aliphatic heterocycles. The Labute approximate surface area is 133 Å². The number of hydrogen-bond donors (Lipinski definition) is 1. The van der Waals surface area contributed by atoms with Crippen LogP contribution in [0.15, 0.2) is 47.5 Å². The molecule has 0 saturated heterocycles. The molecule has 1 aromatic carbocycles. The van der Waals surface area contributed by atoms with Crippen LogP contribution < -0.4 is 4.72 Å². The van der Waals surface area contributed by atoms with Gasteiger partial charge in [-0.3, -0.25) is 4.72 Å². The van der Waals surface area contributed by atoms with Crippen molar-refractivity contribution in [3.63, 3.8) is 0 Å². The number of imidazole rings is 1. The molecule has 0 atom stereocenters. The van der Waals surface area contributed by atoms with Gasteiger partial charge in [-0.2, -0.15) is 0 Å². The van der Waals surface area contributed by atoms with Gasteiger partial charge in [0, 0.05) is 16.9 Å². The number of rotatable bonds is 3. The second-order valence-corrected chi connectivity index (χ2v) is 7.08. The van der Waals surface area contributed by atoms with Crippen molar-refractivity contribution in [1.82, 2.24) is 9.38 Å². The Morgan fingerprint density at radius 1 is 1.18 bits per heavy atom. The largest absolute Gasteiger partial charge is 0.302 e. The second kappa shape index (κ2) is 5.30. The van der Waals surface area contributed by atoms with E-state index in [0.29, 0.717) is 16.4 Å². The number of pyridine rings is 1. The van der Waals surface area contributed by atoms with E-state index in [0.717, 1.165) is 11.4 Å². The summed E-state index contributed by atoms with van der Waals surface area (Å²) in [5.41, 5.74) is 2.83. The average Bonchev–Trinajstić information content (AvgIpc) is 2.76. The van der Waals surface area contributed by atoms with E-state index < -0.39 is 10.0 Å². The highest BCUT2D eigenvalue weighted by Gasteiger charge is 2.17. The Kier molecular flexibility index (Phi) is 3.58. The van der Waals surface area contributed by atoms with E-state index >= 15 is 0 Å². The van der Waals surface area contributed by atoms with Crippen molar-refractivity contribution in [3.05, 3.63) is 59.0 Å². The standard InChI is InChI=1S/C15H14ClN3O2S/c1-10-11(2)19-8-4-7-14(15(19)17-10)18-22(20,21)13-6-3-5-12(16)9-13/h3-9,18H,1-2H3. The van der Waals surface area contributed by atoms with Crippen molar-refractivity contribution < 1.29 is 8.42 Å². The summed E-state index contributed by atoms with van der Waals surface area (Å²) in [6, 6.07) is 9.59. The van der Waals surface area contributed by atoms with Crippen molar-refractivity contribution in [2.75, 3.05) is 4.72 Å². The van der Waals surface area contributed by atoms with E-state index in [1.807, 2.05) is 24.4 Å². The third-order valence-corrected chi connectivity index (χ3v) is 5.07. The maximum absolute atomic E-state index is 12.5. The van der Waals surface area contributed by atoms with Gasteiger partial charge in [0.15, 0.2) is 5.65 Å². The molecule has 22 heavy (non-hydrogen) atoms. The summed E-state index contributed by atoms with van der Waals surface area (Å²) in [5, 5.41) is 0.369. The van der Waals surface area contributed by atoms with Crippen LogP contribution in [-0.2, 0) is 10.0 Å². The van der Waals surface area contributed by atoms with Crippen LogP contribution in [0.25, 0.3) is 5.65 Å². The van der Waals surface area contributed by atoms with Gasteiger partial charge in [0.25, 0.3) is 10.0 Å². The first-order chi connectivity index (χ1) is 10.4. The monoisotopic (exact) mass is 335 g/mol. The quantitative estimate of drug-likeness (QED) is 0.797. The van der Waals surface area contributed by atoms with Gasteiger partial charge in [0.05, 0.1) is 16.3 Å². The fourth-order valence-corrected chi connectivity index (χ4v) is 3.58. The zero-order chi connectivity index (χ0) is 15.9. The van der Waals surface area contributed by atoms with Gasteiger partial charge in [-0.1, -0.05) is 17.7 Å². The van der Waals surface area contributed by atoms with Crippen LogP contribution in [0.2, 0.25) is 5.02 Å². The summed E-state index contributed by atoms with van der Waals surface area (Å²) >= 11 is 5.86. The molecule has 0 unspecified atom stereocenters. The summed E-state index contributed by atoms with van der Waals surface area (Å²) in [4.78, 5) is 4.53. The predicted molar refractivity (Wildman–Crippen MR) is 86.9 cm³/mol. The summed E-state index contributed by atoms with van der Waals surface area (Å²) in [5.74, 6) is 0. The molecule has 114 valence electrons. The molecule has 2 heterocycles. The molecular formula is C15H14ClN3O2S. The van der Waals surface area contributed by atoms with E-state index in [1.165, 1.54) is 12.1 Å². The number of fused-ring (bicyclic) bond motifs is 1. The van der Waals surface area contributed by atoms with E-state index in [2.05, 4.69) is 9.71 Å². The fraction of sp³-hybridized carbons (Fsp3) is 0.133. The smallest absolute Gasteiger partial charge is 0.262 e. The Morgan fingerprint density at radius 2 is 1.95 bits per heavy atom. The number of nitrogens with zero attached hydrogens (tertiary/aromatic N) is 2.